The van der Waals surface area contributed by atoms with Gasteiger partial charge in [-0.15, -0.1) is 0 Å². The van der Waals surface area contributed by atoms with Gasteiger partial charge < -0.3 is 5.32 Å². The van der Waals surface area contributed by atoms with Gasteiger partial charge in [0.15, 0.2) is 0 Å². The molecule has 0 saturated heterocycles. The predicted molar refractivity (Wildman–Crippen MR) is 110 cm³/mol. The molecule has 2 bridgehead atoms. The number of carbonyl (C=O) groups excluding carboxylic acids is 1. The van der Waals surface area contributed by atoms with Crippen LogP contribution in [0.25, 0.3) is 0 Å². The van der Waals surface area contributed by atoms with Crippen molar-refractivity contribution in [2.24, 2.45) is 11.8 Å². The molecule has 0 radical (unpaired) electrons. The van der Waals surface area contributed by atoms with Crippen LogP contribution < -0.4 is 10.0 Å². The van der Waals surface area contributed by atoms with Crippen LogP contribution in [0.3, 0.4) is 0 Å². The predicted octanol–water partition coefficient (Wildman–Crippen LogP) is 4.37. The molecule has 28 heavy (non-hydrogen) atoms. The molecule has 0 aliphatic heterocycles. The first-order valence-corrected chi connectivity index (χ1v) is 11.4. The molecule has 2 aromatic rings. The largest absolute Gasteiger partial charge is 0.349 e. The molecule has 2 aliphatic rings. The lowest BCUT2D eigenvalue weighted by molar-refractivity contribution is 0.0922. The Morgan fingerprint density at radius 1 is 1.07 bits per heavy atom. The third kappa shape index (κ3) is 3.89. The van der Waals surface area contributed by atoms with Crippen molar-refractivity contribution < 1.29 is 13.2 Å². The van der Waals surface area contributed by atoms with E-state index in [0.717, 1.165) is 24.3 Å². The molecule has 2 saturated carbocycles. The van der Waals surface area contributed by atoms with Gasteiger partial charge in [-0.05, 0) is 68.4 Å². The van der Waals surface area contributed by atoms with E-state index in [4.69, 9.17) is 11.6 Å². The molecule has 0 heterocycles. The Hall–Kier alpha value is -2.05. The second kappa shape index (κ2) is 7.41. The first-order chi connectivity index (χ1) is 13.3. The maximum atomic E-state index is 12.8. The van der Waals surface area contributed by atoms with Crippen LogP contribution in [0.4, 0.5) is 5.69 Å². The van der Waals surface area contributed by atoms with Crippen molar-refractivity contribution in [3.8, 4) is 0 Å². The lowest BCUT2D eigenvalue weighted by Crippen LogP contribution is -2.38. The summed E-state index contributed by atoms with van der Waals surface area (Å²) in [5.41, 5.74) is 1.77. The SMILES string of the molecule is Cc1ccc(NS(=O)(=O)c2cc(C(=O)N[C@H]3C[C@H]4CC[C@H]3C4)ccc2Cl)cc1. The van der Waals surface area contributed by atoms with Crippen LogP contribution in [0.15, 0.2) is 47.4 Å². The van der Waals surface area contributed by atoms with E-state index >= 15 is 0 Å². The highest BCUT2D eigenvalue weighted by molar-refractivity contribution is 7.92. The van der Waals surface area contributed by atoms with Gasteiger partial charge in [0.05, 0.1) is 5.02 Å². The molecule has 3 atom stereocenters. The summed E-state index contributed by atoms with van der Waals surface area (Å²) >= 11 is 6.15. The highest BCUT2D eigenvalue weighted by atomic mass is 35.5. The molecule has 0 aromatic heterocycles. The topological polar surface area (TPSA) is 75.3 Å². The number of aryl methyl sites for hydroxylation is 1. The van der Waals surface area contributed by atoms with Crippen LogP contribution in [-0.4, -0.2) is 20.4 Å². The number of hydrogen-bond acceptors (Lipinski definition) is 3. The summed E-state index contributed by atoms with van der Waals surface area (Å²) in [7, 11) is -3.91. The second-order valence-electron chi connectivity index (χ2n) is 7.87. The maximum Gasteiger partial charge on any atom is 0.263 e. The van der Waals surface area contributed by atoms with E-state index in [1.54, 1.807) is 18.2 Å². The summed E-state index contributed by atoms with van der Waals surface area (Å²) in [5.74, 6) is 1.02. The highest BCUT2D eigenvalue weighted by Crippen LogP contribution is 2.44. The lowest BCUT2D eigenvalue weighted by Gasteiger charge is -2.23. The number of benzene rings is 2. The van der Waals surface area contributed by atoms with Crippen molar-refractivity contribution in [1.82, 2.24) is 5.32 Å². The zero-order valence-corrected chi connectivity index (χ0v) is 17.2. The molecular weight excluding hydrogens is 396 g/mol. The van der Waals surface area contributed by atoms with E-state index in [1.165, 1.54) is 25.0 Å². The van der Waals surface area contributed by atoms with Crippen LogP contribution in [0.1, 0.15) is 41.6 Å². The number of amides is 1. The van der Waals surface area contributed by atoms with Gasteiger partial charge in [-0.3, -0.25) is 9.52 Å². The van der Waals surface area contributed by atoms with Gasteiger partial charge in [0.25, 0.3) is 15.9 Å². The Morgan fingerprint density at radius 2 is 1.82 bits per heavy atom. The van der Waals surface area contributed by atoms with Gasteiger partial charge in [0.1, 0.15) is 4.90 Å². The number of halogens is 1. The minimum atomic E-state index is -3.91. The molecule has 148 valence electrons. The van der Waals surface area contributed by atoms with Gasteiger partial charge in [-0.1, -0.05) is 35.7 Å². The molecule has 2 aliphatic carbocycles. The molecule has 5 nitrogen and oxygen atoms in total. The lowest BCUT2D eigenvalue weighted by atomic mass is 9.95. The number of anilines is 1. The van der Waals surface area contributed by atoms with E-state index < -0.39 is 10.0 Å². The first-order valence-electron chi connectivity index (χ1n) is 9.52. The van der Waals surface area contributed by atoms with E-state index in [1.807, 2.05) is 19.1 Å². The normalized spacial score (nSPS) is 23.6. The van der Waals surface area contributed by atoms with Crippen LogP contribution in [0.5, 0.6) is 0 Å². The standard InChI is InChI=1S/C21H23ClN2O3S/c1-13-2-7-17(8-3-13)24-28(26,27)20-12-16(6-9-18(20)22)21(25)23-19-11-14-4-5-15(19)10-14/h2-3,6-9,12,14-15,19,24H,4-5,10-11H2,1H3,(H,23,25)/t14-,15-,19-/m0/s1. The maximum absolute atomic E-state index is 12.8. The first kappa shape index (κ1) is 19.3. The molecule has 2 fully saturated rings. The summed E-state index contributed by atoms with van der Waals surface area (Å²) in [6.45, 7) is 1.92. The average molecular weight is 419 g/mol. The van der Waals surface area contributed by atoms with Gasteiger partial charge in [-0.2, -0.15) is 0 Å². The fourth-order valence-corrected chi connectivity index (χ4v) is 5.94. The molecule has 2 N–H and O–H groups in total. The summed E-state index contributed by atoms with van der Waals surface area (Å²) in [6, 6.07) is 11.6. The summed E-state index contributed by atoms with van der Waals surface area (Å²) in [4.78, 5) is 12.6. The van der Waals surface area contributed by atoms with Crippen LogP contribution >= 0.6 is 11.6 Å². The van der Waals surface area contributed by atoms with Gasteiger partial charge in [0.2, 0.25) is 0 Å². The minimum absolute atomic E-state index is 0.0797. The fraction of sp³-hybridized carbons (Fsp3) is 0.381. The summed E-state index contributed by atoms with van der Waals surface area (Å²) in [6.07, 6.45) is 4.62. The van der Waals surface area contributed by atoms with Crippen LogP contribution in [-0.2, 0) is 10.0 Å². The highest BCUT2D eigenvalue weighted by Gasteiger charge is 2.40. The Kier molecular flexibility index (Phi) is 5.10. The zero-order chi connectivity index (χ0) is 19.9. The minimum Gasteiger partial charge on any atom is -0.349 e. The van der Waals surface area contributed by atoms with Crippen molar-refractivity contribution >= 4 is 33.2 Å². The monoisotopic (exact) mass is 418 g/mol. The number of nitrogens with one attached hydrogen (secondary N) is 2. The van der Waals surface area contributed by atoms with Gasteiger partial charge >= 0.3 is 0 Å². The van der Waals surface area contributed by atoms with E-state index in [2.05, 4.69) is 10.0 Å². The summed E-state index contributed by atoms with van der Waals surface area (Å²) in [5, 5.41) is 3.16. The molecule has 0 unspecified atom stereocenters. The molecule has 4 rings (SSSR count). The van der Waals surface area contributed by atoms with Crippen molar-refractivity contribution in [3.05, 3.63) is 58.6 Å². The molecule has 2 aromatic carbocycles. The quantitative estimate of drug-likeness (QED) is 0.757. The van der Waals surface area contributed by atoms with E-state index in [-0.39, 0.29) is 21.9 Å². The third-order valence-electron chi connectivity index (χ3n) is 5.84. The van der Waals surface area contributed by atoms with Crippen molar-refractivity contribution in [2.45, 2.75) is 43.5 Å². The Bertz CT molecular complexity index is 1000. The Labute approximate surface area is 170 Å². The Morgan fingerprint density at radius 3 is 2.46 bits per heavy atom. The number of sulfonamides is 1. The molecule has 1 amide bonds. The average Bonchev–Trinajstić information content (AvgIpc) is 3.26. The smallest absolute Gasteiger partial charge is 0.263 e. The van der Waals surface area contributed by atoms with Crippen LogP contribution in [0.2, 0.25) is 5.02 Å². The number of fused-ring (bicyclic) bond motifs is 2. The fourth-order valence-electron chi connectivity index (χ4n) is 4.36. The van der Waals surface area contributed by atoms with Gasteiger partial charge in [0, 0.05) is 17.3 Å². The van der Waals surface area contributed by atoms with E-state index in [9.17, 15) is 13.2 Å². The molecule has 0 spiro atoms. The van der Waals surface area contributed by atoms with Crippen molar-refractivity contribution in [3.63, 3.8) is 0 Å². The van der Waals surface area contributed by atoms with Crippen molar-refractivity contribution in [1.29, 1.82) is 0 Å². The van der Waals surface area contributed by atoms with Crippen LogP contribution in [0, 0.1) is 18.8 Å². The number of carbonyl (C=O) groups is 1. The van der Waals surface area contributed by atoms with E-state index in [0.29, 0.717) is 17.2 Å². The molecular formula is C21H23ClN2O3S. The van der Waals surface area contributed by atoms with Gasteiger partial charge in [-0.25, -0.2) is 8.42 Å². The second-order valence-corrected chi connectivity index (χ2v) is 9.93. The molecule has 7 heteroatoms. The number of rotatable bonds is 5. The zero-order valence-electron chi connectivity index (χ0n) is 15.6. The third-order valence-corrected chi connectivity index (χ3v) is 7.70. The van der Waals surface area contributed by atoms with Crippen molar-refractivity contribution in [2.75, 3.05) is 4.72 Å². The summed E-state index contributed by atoms with van der Waals surface area (Å²) < 4.78 is 28.1. The number of hydrogen-bond donors (Lipinski definition) is 2. The Balaban J connectivity index is 1.54.